The molecule has 1 atom stereocenters. The minimum Gasteiger partial charge on any atom is -0.310 e. The lowest BCUT2D eigenvalue weighted by Crippen LogP contribution is -2.21. The van der Waals surface area contributed by atoms with Crippen LogP contribution in [0.25, 0.3) is 0 Å². The lowest BCUT2D eigenvalue weighted by Gasteiger charge is -2.03. The molecule has 5 heteroatoms. The fraction of sp³-hybridized carbons (Fsp3) is 0.500. The van der Waals surface area contributed by atoms with E-state index in [9.17, 15) is 4.21 Å². The van der Waals surface area contributed by atoms with Crippen LogP contribution in [0.5, 0.6) is 0 Å². The van der Waals surface area contributed by atoms with E-state index in [-0.39, 0.29) is 0 Å². The zero-order valence-corrected chi connectivity index (χ0v) is 11.1. The lowest BCUT2D eigenvalue weighted by molar-refractivity contribution is 0.671. The Hall–Kier alpha value is -0.260. The van der Waals surface area contributed by atoms with Gasteiger partial charge in [-0.15, -0.1) is 0 Å². The van der Waals surface area contributed by atoms with Crippen molar-refractivity contribution in [2.24, 2.45) is 0 Å². The van der Waals surface area contributed by atoms with Crippen LogP contribution >= 0.6 is 15.9 Å². The SMILES string of the molecule is CCS(=O)CCNCc1cccc(Br)n1. The molecular weight excluding hydrogens is 276 g/mol. The summed E-state index contributed by atoms with van der Waals surface area (Å²) in [5, 5.41) is 3.22. The van der Waals surface area contributed by atoms with E-state index < -0.39 is 10.8 Å². The van der Waals surface area contributed by atoms with Crippen LogP contribution in [0.4, 0.5) is 0 Å². The number of halogens is 1. The summed E-state index contributed by atoms with van der Waals surface area (Å²) in [5.41, 5.74) is 0.992. The van der Waals surface area contributed by atoms with Crippen LogP contribution in [0.15, 0.2) is 22.8 Å². The summed E-state index contributed by atoms with van der Waals surface area (Å²) in [5.74, 6) is 1.45. The normalized spacial score (nSPS) is 12.7. The molecule has 0 aliphatic carbocycles. The fourth-order valence-corrected chi connectivity index (χ4v) is 2.14. The molecule has 3 nitrogen and oxygen atoms in total. The van der Waals surface area contributed by atoms with Crippen LogP contribution in [-0.2, 0) is 17.3 Å². The van der Waals surface area contributed by atoms with Gasteiger partial charge in [-0.05, 0) is 28.1 Å². The Morgan fingerprint density at radius 2 is 2.33 bits per heavy atom. The van der Waals surface area contributed by atoms with E-state index in [1.54, 1.807) is 0 Å². The number of hydrogen-bond donors (Lipinski definition) is 1. The van der Waals surface area contributed by atoms with Crippen LogP contribution in [0, 0.1) is 0 Å². The highest BCUT2D eigenvalue weighted by molar-refractivity contribution is 9.10. The summed E-state index contributed by atoms with van der Waals surface area (Å²) in [6, 6.07) is 5.82. The first-order valence-electron chi connectivity index (χ1n) is 4.89. The summed E-state index contributed by atoms with van der Waals surface area (Å²) in [6.45, 7) is 3.43. The molecule has 1 N–H and O–H groups in total. The molecule has 0 fully saturated rings. The van der Waals surface area contributed by atoms with Crippen LogP contribution in [0.3, 0.4) is 0 Å². The van der Waals surface area contributed by atoms with Gasteiger partial charge in [0.1, 0.15) is 4.60 Å². The van der Waals surface area contributed by atoms with Gasteiger partial charge in [-0.2, -0.15) is 0 Å². The van der Waals surface area contributed by atoms with Gasteiger partial charge in [0.15, 0.2) is 0 Å². The summed E-state index contributed by atoms with van der Waals surface area (Å²) < 4.78 is 12.0. The van der Waals surface area contributed by atoms with E-state index in [0.717, 1.165) is 29.1 Å². The van der Waals surface area contributed by atoms with Crippen LogP contribution in [0.2, 0.25) is 0 Å². The van der Waals surface area contributed by atoms with E-state index in [2.05, 4.69) is 26.2 Å². The van der Waals surface area contributed by atoms with Crippen molar-refractivity contribution in [3.8, 4) is 0 Å². The third kappa shape index (κ3) is 5.39. The van der Waals surface area contributed by atoms with Gasteiger partial charge in [0.05, 0.1) is 5.69 Å². The van der Waals surface area contributed by atoms with Crippen molar-refractivity contribution in [2.45, 2.75) is 13.5 Å². The molecule has 1 rings (SSSR count). The Labute approximate surface area is 101 Å². The van der Waals surface area contributed by atoms with E-state index in [0.29, 0.717) is 5.75 Å². The summed E-state index contributed by atoms with van der Waals surface area (Å²) >= 11 is 3.32. The summed E-state index contributed by atoms with van der Waals surface area (Å²) in [7, 11) is -0.681. The molecule has 1 unspecified atom stereocenters. The molecule has 0 bridgehead atoms. The largest absolute Gasteiger partial charge is 0.310 e. The molecule has 0 aliphatic rings. The maximum Gasteiger partial charge on any atom is 0.106 e. The van der Waals surface area contributed by atoms with Gasteiger partial charge in [0.25, 0.3) is 0 Å². The zero-order valence-electron chi connectivity index (χ0n) is 8.70. The first-order chi connectivity index (χ1) is 7.22. The number of nitrogens with one attached hydrogen (secondary N) is 1. The van der Waals surface area contributed by atoms with Crippen LogP contribution in [0.1, 0.15) is 12.6 Å². The molecule has 0 aliphatic heterocycles. The molecule has 1 aromatic heterocycles. The monoisotopic (exact) mass is 290 g/mol. The Morgan fingerprint density at radius 1 is 1.53 bits per heavy atom. The predicted molar refractivity (Wildman–Crippen MR) is 67.2 cm³/mol. The number of rotatable bonds is 6. The standard InChI is InChI=1S/C10H15BrN2OS/c1-2-15(14)7-6-12-8-9-4-3-5-10(11)13-9/h3-5,12H,2,6-8H2,1H3. The summed E-state index contributed by atoms with van der Waals surface area (Å²) in [4.78, 5) is 4.29. The molecular formula is C10H15BrN2OS. The second-order valence-corrected chi connectivity index (χ2v) is 5.74. The van der Waals surface area contributed by atoms with Gasteiger partial charge in [0.2, 0.25) is 0 Å². The molecule has 0 amide bonds. The van der Waals surface area contributed by atoms with E-state index >= 15 is 0 Å². The number of pyridine rings is 1. The van der Waals surface area contributed by atoms with Crippen LogP contribution < -0.4 is 5.32 Å². The van der Waals surface area contributed by atoms with E-state index in [1.807, 2.05) is 25.1 Å². The molecule has 0 spiro atoms. The molecule has 0 aromatic carbocycles. The Morgan fingerprint density at radius 3 is 3.00 bits per heavy atom. The highest BCUT2D eigenvalue weighted by Gasteiger charge is 1.97. The van der Waals surface area contributed by atoms with E-state index in [4.69, 9.17) is 0 Å². The molecule has 1 heterocycles. The van der Waals surface area contributed by atoms with Gasteiger partial charge in [0, 0.05) is 35.4 Å². The van der Waals surface area contributed by atoms with Gasteiger partial charge in [-0.3, -0.25) is 4.21 Å². The second-order valence-electron chi connectivity index (χ2n) is 3.06. The van der Waals surface area contributed by atoms with Gasteiger partial charge >= 0.3 is 0 Å². The van der Waals surface area contributed by atoms with Gasteiger partial charge in [-0.25, -0.2) is 4.98 Å². The predicted octanol–water partition coefficient (Wildman–Crippen LogP) is 1.70. The Balaban J connectivity index is 2.23. The smallest absolute Gasteiger partial charge is 0.106 e. The Bertz CT molecular complexity index is 333. The Kier molecular flexibility index (Phi) is 6.05. The van der Waals surface area contributed by atoms with Crippen molar-refractivity contribution in [1.29, 1.82) is 0 Å². The van der Waals surface area contributed by atoms with Crippen molar-refractivity contribution < 1.29 is 4.21 Å². The highest BCUT2D eigenvalue weighted by atomic mass is 79.9. The topological polar surface area (TPSA) is 42.0 Å². The minimum atomic E-state index is -0.681. The zero-order chi connectivity index (χ0) is 11.1. The fourth-order valence-electron chi connectivity index (χ4n) is 1.10. The van der Waals surface area contributed by atoms with Crippen molar-refractivity contribution in [1.82, 2.24) is 10.3 Å². The minimum absolute atomic E-state index is 0.681. The van der Waals surface area contributed by atoms with Crippen molar-refractivity contribution >= 4 is 26.7 Å². The number of aromatic nitrogens is 1. The van der Waals surface area contributed by atoms with Crippen LogP contribution in [-0.4, -0.2) is 27.2 Å². The van der Waals surface area contributed by atoms with Gasteiger partial charge in [-0.1, -0.05) is 13.0 Å². The molecule has 0 radical (unpaired) electrons. The molecule has 1 aromatic rings. The molecule has 0 saturated heterocycles. The average Bonchev–Trinajstić information content (AvgIpc) is 2.24. The highest BCUT2D eigenvalue weighted by Crippen LogP contribution is 2.05. The molecule has 84 valence electrons. The number of hydrogen-bond acceptors (Lipinski definition) is 3. The molecule has 0 saturated carbocycles. The van der Waals surface area contributed by atoms with Crippen molar-refractivity contribution in [3.05, 3.63) is 28.5 Å². The maximum atomic E-state index is 11.1. The van der Waals surface area contributed by atoms with E-state index in [1.165, 1.54) is 0 Å². The lowest BCUT2D eigenvalue weighted by atomic mass is 10.3. The first kappa shape index (κ1) is 12.8. The van der Waals surface area contributed by atoms with Crippen molar-refractivity contribution in [3.63, 3.8) is 0 Å². The quantitative estimate of drug-likeness (QED) is 0.641. The number of nitrogens with zero attached hydrogens (tertiary/aromatic N) is 1. The third-order valence-electron chi connectivity index (χ3n) is 1.91. The second kappa shape index (κ2) is 7.09. The maximum absolute atomic E-state index is 11.1. The van der Waals surface area contributed by atoms with Crippen molar-refractivity contribution in [2.75, 3.05) is 18.1 Å². The first-order valence-corrected chi connectivity index (χ1v) is 7.17. The summed E-state index contributed by atoms with van der Waals surface area (Å²) in [6.07, 6.45) is 0. The third-order valence-corrected chi connectivity index (χ3v) is 3.65. The van der Waals surface area contributed by atoms with Gasteiger partial charge < -0.3 is 5.32 Å². The molecule has 15 heavy (non-hydrogen) atoms. The average molecular weight is 291 g/mol.